The van der Waals surface area contributed by atoms with Gasteiger partial charge in [-0.3, -0.25) is 0 Å². The molecule has 2 aliphatic heterocycles. The third kappa shape index (κ3) is 0.793. The Labute approximate surface area is 58.1 Å². The van der Waals surface area contributed by atoms with Crippen LogP contribution in [-0.2, 0) is 4.74 Å². The van der Waals surface area contributed by atoms with E-state index in [9.17, 15) is 0 Å². The van der Waals surface area contributed by atoms with Crippen LogP contribution in [-0.4, -0.2) is 5.44 Å². The van der Waals surface area contributed by atoms with Crippen molar-refractivity contribution >= 4 is 11.8 Å². The lowest BCUT2D eigenvalue weighted by Gasteiger charge is -2.10. The van der Waals surface area contributed by atoms with Crippen LogP contribution in [0.25, 0.3) is 0 Å². The Morgan fingerprint density at radius 1 is 1.56 bits per heavy atom. The highest BCUT2D eigenvalue weighted by molar-refractivity contribution is 8.02. The summed E-state index contributed by atoms with van der Waals surface area (Å²) in [6.45, 7) is 0. The molecule has 1 nitrogen and oxygen atoms in total. The minimum Gasteiger partial charge on any atom is -0.482 e. The molecule has 1 unspecified atom stereocenters. The van der Waals surface area contributed by atoms with Crippen molar-refractivity contribution in [3.05, 3.63) is 35.5 Å². The fraction of sp³-hybridized carbons (Fsp3) is 0.143. The van der Waals surface area contributed by atoms with Gasteiger partial charge in [0.2, 0.25) is 0 Å². The summed E-state index contributed by atoms with van der Waals surface area (Å²) in [6, 6.07) is 0. The molecule has 46 valence electrons. The first-order valence-corrected chi connectivity index (χ1v) is 3.75. The predicted molar refractivity (Wildman–Crippen MR) is 38.8 cm³/mol. The van der Waals surface area contributed by atoms with Crippen molar-refractivity contribution < 1.29 is 4.74 Å². The lowest BCUT2D eigenvalue weighted by atomic mass is 10.3. The molecule has 0 aromatic rings. The first-order valence-electron chi connectivity index (χ1n) is 2.81. The predicted octanol–water partition coefficient (Wildman–Crippen LogP) is 2.04. The van der Waals surface area contributed by atoms with E-state index in [1.54, 1.807) is 18.0 Å². The van der Waals surface area contributed by atoms with Crippen molar-refractivity contribution in [2.45, 2.75) is 5.44 Å². The number of ether oxygens (including phenoxy) is 1. The van der Waals surface area contributed by atoms with Gasteiger partial charge in [-0.05, 0) is 11.5 Å². The van der Waals surface area contributed by atoms with Crippen LogP contribution in [0.1, 0.15) is 0 Å². The average Bonchev–Trinajstić information content (AvgIpc) is 2.33. The average molecular weight is 138 g/mol. The number of thioether (sulfide) groups is 1. The maximum Gasteiger partial charge on any atom is 0.172 e. The minimum atomic E-state index is 0.245. The van der Waals surface area contributed by atoms with Crippen LogP contribution in [0.5, 0.6) is 0 Å². The fourth-order valence-electron chi connectivity index (χ4n) is 0.858. The van der Waals surface area contributed by atoms with E-state index in [4.69, 9.17) is 4.74 Å². The van der Waals surface area contributed by atoms with Gasteiger partial charge in [-0.25, -0.2) is 0 Å². The van der Waals surface area contributed by atoms with Crippen LogP contribution in [0.15, 0.2) is 35.5 Å². The van der Waals surface area contributed by atoms with E-state index in [0.717, 1.165) is 0 Å². The van der Waals surface area contributed by atoms with E-state index in [0.29, 0.717) is 0 Å². The first-order chi connectivity index (χ1) is 4.47. The highest BCUT2D eigenvalue weighted by Gasteiger charge is 2.17. The Bertz CT molecular complexity index is 203. The summed E-state index contributed by atoms with van der Waals surface area (Å²) in [5.41, 5.74) is 1.51. The molecule has 2 heterocycles. The van der Waals surface area contributed by atoms with Crippen LogP contribution in [0.2, 0.25) is 0 Å². The Morgan fingerprint density at radius 2 is 2.56 bits per heavy atom. The molecule has 9 heavy (non-hydrogen) atoms. The summed E-state index contributed by atoms with van der Waals surface area (Å²) >= 11 is 1.70. The van der Waals surface area contributed by atoms with Crippen molar-refractivity contribution in [2.75, 3.05) is 0 Å². The summed E-state index contributed by atoms with van der Waals surface area (Å²) in [4.78, 5) is 0. The molecular weight excluding hydrogens is 132 g/mol. The summed E-state index contributed by atoms with van der Waals surface area (Å²) in [5.74, 6) is 0. The Balaban J connectivity index is 2.31. The molecule has 0 fully saturated rings. The van der Waals surface area contributed by atoms with Gasteiger partial charge >= 0.3 is 0 Å². The summed E-state index contributed by atoms with van der Waals surface area (Å²) in [7, 11) is 0. The van der Waals surface area contributed by atoms with Crippen LogP contribution in [0.4, 0.5) is 0 Å². The number of hydrogen-bond acceptors (Lipinski definition) is 2. The largest absolute Gasteiger partial charge is 0.482 e. The molecule has 0 radical (unpaired) electrons. The normalized spacial score (nSPS) is 29.3. The van der Waals surface area contributed by atoms with Crippen LogP contribution < -0.4 is 0 Å². The smallest absolute Gasteiger partial charge is 0.172 e. The monoisotopic (exact) mass is 138 g/mol. The molecule has 0 spiro atoms. The number of allylic oxidation sites excluding steroid dienone is 2. The van der Waals surface area contributed by atoms with E-state index in [1.165, 1.54) is 5.57 Å². The van der Waals surface area contributed by atoms with Crippen molar-refractivity contribution in [3.63, 3.8) is 0 Å². The van der Waals surface area contributed by atoms with Crippen LogP contribution in [0, 0.1) is 0 Å². The molecule has 0 N–H and O–H groups in total. The van der Waals surface area contributed by atoms with Gasteiger partial charge in [-0.1, -0.05) is 23.9 Å². The number of hydrogen-bond donors (Lipinski definition) is 0. The van der Waals surface area contributed by atoms with Gasteiger partial charge in [0.25, 0.3) is 0 Å². The molecule has 0 aromatic carbocycles. The van der Waals surface area contributed by atoms with Gasteiger partial charge in [-0.15, -0.1) is 0 Å². The summed E-state index contributed by atoms with van der Waals surface area (Å²) < 4.78 is 5.22. The molecule has 0 saturated carbocycles. The fourth-order valence-corrected chi connectivity index (χ4v) is 1.61. The molecule has 0 saturated heterocycles. The second-order valence-electron chi connectivity index (χ2n) is 1.90. The molecule has 0 bridgehead atoms. The van der Waals surface area contributed by atoms with E-state index >= 15 is 0 Å². The van der Waals surface area contributed by atoms with E-state index in [1.807, 2.05) is 17.6 Å². The van der Waals surface area contributed by atoms with Crippen molar-refractivity contribution in [1.29, 1.82) is 0 Å². The van der Waals surface area contributed by atoms with E-state index in [-0.39, 0.29) is 5.44 Å². The van der Waals surface area contributed by atoms with Crippen molar-refractivity contribution in [3.8, 4) is 0 Å². The maximum absolute atomic E-state index is 5.22. The number of fused-ring (bicyclic) bond motifs is 1. The Kier molecular flexibility index (Phi) is 1.12. The first kappa shape index (κ1) is 5.18. The minimum absolute atomic E-state index is 0.245. The van der Waals surface area contributed by atoms with Gasteiger partial charge in [0.1, 0.15) is 0 Å². The lowest BCUT2D eigenvalue weighted by Crippen LogP contribution is -2.01. The SMILES string of the molecule is C1=CSC2OC=CC2=C1. The summed E-state index contributed by atoms with van der Waals surface area (Å²) in [5, 5.41) is 2.04. The third-order valence-corrected chi connectivity index (χ3v) is 2.25. The standard InChI is InChI=1S/C7H6OS/c1-2-6-3-4-8-7(6)9-5-1/h1-5,7H. The van der Waals surface area contributed by atoms with Crippen LogP contribution in [0.3, 0.4) is 0 Å². The lowest BCUT2D eigenvalue weighted by molar-refractivity contribution is 0.273. The molecule has 0 amide bonds. The van der Waals surface area contributed by atoms with Crippen molar-refractivity contribution in [2.24, 2.45) is 0 Å². The maximum atomic E-state index is 5.22. The highest BCUT2D eigenvalue weighted by Crippen LogP contribution is 2.30. The second kappa shape index (κ2) is 1.95. The quantitative estimate of drug-likeness (QED) is 0.506. The van der Waals surface area contributed by atoms with Crippen molar-refractivity contribution in [1.82, 2.24) is 0 Å². The van der Waals surface area contributed by atoms with Gasteiger partial charge in [0, 0.05) is 5.57 Å². The molecular formula is C7H6OS. The third-order valence-electron chi connectivity index (χ3n) is 1.30. The van der Waals surface area contributed by atoms with Crippen LogP contribution >= 0.6 is 11.8 Å². The molecule has 2 heteroatoms. The zero-order valence-electron chi connectivity index (χ0n) is 4.78. The van der Waals surface area contributed by atoms with E-state index in [2.05, 4.69) is 6.08 Å². The Morgan fingerprint density at radius 3 is 3.44 bits per heavy atom. The molecule has 0 aliphatic carbocycles. The molecule has 0 aromatic heterocycles. The topological polar surface area (TPSA) is 9.23 Å². The molecule has 2 rings (SSSR count). The van der Waals surface area contributed by atoms with Gasteiger partial charge in [0.05, 0.1) is 6.26 Å². The highest BCUT2D eigenvalue weighted by atomic mass is 32.2. The molecule has 1 atom stereocenters. The number of rotatable bonds is 0. The van der Waals surface area contributed by atoms with E-state index < -0.39 is 0 Å². The zero-order valence-corrected chi connectivity index (χ0v) is 5.60. The summed E-state index contributed by atoms with van der Waals surface area (Å²) in [6.07, 6.45) is 7.86. The van der Waals surface area contributed by atoms with Gasteiger partial charge < -0.3 is 4.74 Å². The Hall–Kier alpha value is -0.630. The zero-order chi connectivity index (χ0) is 6.10. The van der Waals surface area contributed by atoms with Gasteiger partial charge in [0.15, 0.2) is 5.44 Å². The van der Waals surface area contributed by atoms with Gasteiger partial charge in [-0.2, -0.15) is 0 Å². The second-order valence-corrected chi connectivity index (χ2v) is 2.87. The molecule has 2 aliphatic rings.